The molecular formula is C13H16F2N2O2. The minimum atomic E-state index is -0.527. The third kappa shape index (κ3) is 4.25. The molecule has 0 spiro atoms. The number of benzene rings is 1. The smallest absolute Gasteiger partial charge is 0.221 e. The van der Waals surface area contributed by atoms with Crippen LogP contribution in [0.25, 0.3) is 0 Å². The minimum absolute atomic E-state index is 0.0179. The van der Waals surface area contributed by atoms with E-state index in [1.807, 2.05) is 0 Å². The van der Waals surface area contributed by atoms with E-state index in [0.717, 1.165) is 24.7 Å². The highest BCUT2D eigenvalue weighted by molar-refractivity contribution is 5.76. The highest BCUT2D eigenvalue weighted by atomic mass is 19.1. The fraction of sp³-hybridized carbons (Fsp3) is 0.462. The first-order valence-electron chi connectivity index (χ1n) is 6.17. The van der Waals surface area contributed by atoms with Crippen molar-refractivity contribution in [3.05, 3.63) is 35.4 Å². The molecule has 2 N–H and O–H groups in total. The van der Waals surface area contributed by atoms with E-state index in [1.54, 1.807) is 0 Å². The standard InChI is InChI=1S/C13H16F2N2O2/c14-10-1-2-12(15)9(5-10)7-17-13(18)6-11-8-19-4-3-16-11/h1-2,5,11,16H,3-4,6-8H2,(H,17,18). The number of nitrogens with one attached hydrogen (secondary N) is 2. The monoisotopic (exact) mass is 270 g/mol. The lowest BCUT2D eigenvalue weighted by molar-refractivity contribution is -0.122. The summed E-state index contributed by atoms with van der Waals surface area (Å²) < 4.78 is 31.5. The summed E-state index contributed by atoms with van der Waals surface area (Å²) in [7, 11) is 0. The second-order valence-corrected chi connectivity index (χ2v) is 4.44. The molecule has 4 nitrogen and oxygen atoms in total. The van der Waals surface area contributed by atoms with Crippen molar-refractivity contribution in [3.8, 4) is 0 Å². The molecule has 2 rings (SSSR count). The Bertz CT molecular complexity index is 448. The number of hydrogen-bond acceptors (Lipinski definition) is 3. The highest BCUT2D eigenvalue weighted by Gasteiger charge is 2.16. The van der Waals surface area contributed by atoms with E-state index in [-0.39, 0.29) is 30.5 Å². The molecule has 0 aliphatic carbocycles. The zero-order chi connectivity index (χ0) is 13.7. The maximum Gasteiger partial charge on any atom is 0.221 e. The zero-order valence-electron chi connectivity index (χ0n) is 10.4. The van der Waals surface area contributed by atoms with Gasteiger partial charge in [-0.15, -0.1) is 0 Å². The fourth-order valence-corrected chi connectivity index (χ4v) is 1.92. The average Bonchev–Trinajstić information content (AvgIpc) is 2.41. The Morgan fingerprint density at radius 3 is 3.05 bits per heavy atom. The maximum atomic E-state index is 13.3. The summed E-state index contributed by atoms with van der Waals surface area (Å²) in [5.74, 6) is -1.26. The van der Waals surface area contributed by atoms with Crippen LogP contribution in [0.2, 0.25) is 0 Å². The average molecular weight is 270 g/mol. The first kappa shape index (κ1) is 13.9. The largest absolute Gasteiger partial charge is 0.378 e. The molecule has 0 aromatic heterocycles. The Labute approximate surface area is 110 Å². The lowest BCUT2D eigenvalue weighted by Crippen LogP contribution is -2.44. The summed E-state index contributed by atoms with van der Waals surface area (Å²) >= 11 is 0. The summed E-state index contributed by atoms with van der Waals surface area (Å²) in [6.45, 7) is 1.83. The van der Waals surface area contributed by atoms with Crippen molar-refractivity contribution < 1.29 is 18.3 Å². The normalized spacial score (nSPS) is 19.2. The molecule has 1 aromatic rings. The van der Waals surface area contributed by atoms with Gasteiger partial charge >= 0.3 is 0 Å². The van der Waals surface area contributed by atoms with Gasteiger partial charge in [0.25, 0.3) is 0 Å². The lowest BCUT2D eigenvalue weighted by atomic mass is 10.1. The summed E-state index contributed by atoms with van der Waals surface area (Å²) in [4.78, 5) is 11.7. The van der Waals surface area contributed by atoms with Crippen LogP contribution >= 0.6 is 0 Å². The van der Waals surface area contributed by atoms with E-state index in [9.17, 15) is 13.6 Å². The molecule has 0 saturated carbocycles. The molecule has 104 valence electrons. The van der Waals surface area contributed by atoms with Gasteiger partial charge in [-0.1, -0.05) is 0 Å². The molecule has 1 saturated heterocycles. The van der Waals surface area contributed by atoms with Gasteiger partial charge in [-0.2, -0.15) is 0 Å². The molecule has 6 heteroatoms. The predicted octanol–water partition coefficient (Wildman–Crippen LogP) is 0.959. The van der Waals surface area contributed by atoms with Gasteiger partial charge in [0.1, 0.15) is 11.6 Å². The molecule has 1 fully saturated rings. The van der Waals surface area contributed by atoms with Crippen molar-refractivity contribution in [2.75, 3.05) is 19.8 Å². The van der Waals surface area contributed by atoms with Gasteiger partial charge in [-0.3, -0.25) is 4.79 Å². The van der Waals surface area contributed by atoms with Crippen LogP contribution < -0.4 is 10.6 Å². The van der Waals surface area contributed by atoms with Crippen molar-refractivity contribution in [2.45, 2.75) is 19.0 Å². The molecular weight excluding hydrogens is 254 g/mol. The van der Waals surface area contributed by atoms with Crippen molar-refractivity contribution in [3.63, 3.8) is 0 Å². The number of morpholine rings is 1. The third-order valence-corrected chi connectivity index (χ3v) is 2.91. The Morgan fingerprint density at radius 1 is 1.47 bits per heavy atom. The molecule has 1 aliphatic heterocycles. The number of carbonyl (C=O) groups excluding carboxylic acids is 1. The van der Waals surface area contributed by atoms with Crippen LogP contribution in [0.4, 0.5) is 8.78 Å². The Morgan fingerprint density at radius 2 is 2.32 bits per heavy atom. The molecule has 19 heavy (non-hydrogen) atoms. The van der Waals surface area contributed by atoms with Gasteiger partial charge in [0, 0.05) is 31.1 Å². The van der Waals surface area contributed by atoms with Crippen LogP contribution in [-0.4, -0.2) is 31.7 Å². The van der Waals surface area contributed by atoms with Gasteiger partial charge in [-0.05, 0) is 18.2 Å². The minimum Gasteiger partial charge on any atom is -0.378 e. The van der Waals surface area contributed by atoms with Gasteiger partial charge in [0.15, 0.2) is 0 Å². The lowest BCUT2D eigenvalue weighted by Gasteiger charge is -2.23. The Kier molecular flexibility index (Phi) is 4.81. The second-order valence-electron chi connectivity index (χ2n) is 4.44. The zero-order valence-corrected chi connectivity index (χ0v) is 10.4. The second kappa shape index (κ2) is 6.58. The number of amides is 1. The van der Waals surface area contributed by atoms with E-state index in [2.05, 4.69) is 10.6 Å². The number of ether oxygens (including phenoxy) is 1. The third-order valence-electron chi connectivity index (χ3n) is 2.91. The van der Waals surface area contributed by atoms with Crippen LogP contribution in [0.3, 0.4) is 0 Å². The number of carbonyl (C=O) groups is 1. The quantitative estimate of drug-likeness (QED) is 0.857. The molecule has 0 bridgehead atoms. The molecule has 0 radical (unpaired) electrons. The molecule has 1 atom stereocenters. The van der Waals surface area contributed by atoms with E-state index in [4.69, 9.17) is 4.74 Å². The molecule has 1 heterocycles. The molecule has 1 unspecified atom stereocenters. The topological polar surface area (TPSA) is 50.4 Å². The molecule has 1 amide bonds. The maximum absolute atomic E-state index is 13.3. The first-order chi connectivity index (χ1) is 9.15. The van der Waals surface area contributed by atoms with E-state index < -0.39 is 11.6 Å². The summed E-state index contributed by atoms with van der Waals surface area (Å²) in [6.07, 6.45) is 0.261. The molecule has 1 aliphatic rings. The summed E-state index contributed by atoms with van der Waals surface area (Å²) in [5.41, 5.74) is 0.140. The number of rotatable bonds is 4. The Balaban J connectivity index is 1.81. The van der Waals surface area contributed by atoms with E-state index in [1.165, 1.54) is 0 Å². The van der Waals surface area contributed by atoms with Crippen LogP contribution in [0.5, 0.6) is 0 Å². The van der Waals surface area contributed by atoms with E-state index in [0.29, 0.717) is 13.2 Å². The van der Waals surface area contributed by atoms with Crippen LogP contribution in [-0.2, 0) is 16.1 Å². The van der Waals surface area contributed by atoms with Crippen LogP contribution in [0, 0.1) is 11.6 Å². The SMILES string of the molecule is O=C(CC1COCCN1)NCc1cc(F)ccc1F. The summed E-state index contributed by atoms with van der Waals surface area (Å²) in [5, 5.41) is 5.72. The van der Waals surface area contributed by atoms with Crippen molar-refractivity contribution in [2.24, 2.45) is 0 Å². The van der Waals surface area contributed by atoms with Gasteiger partial charge in [0.2, 0.25) is 5.91 Å². The summed E-state index contributed by atoms with van der Waals surface area (Å²) in [6, 6.07) is 3.15. The number of halogens is 2. The Hall–Kier alpha value is -1.53. The number of hydrogen-bond donors (Lipinski definition) is 2. The van der Waals surface area contributed by atoms with Gasteiger partial charge < -0.3 is 15.4 Å². The predicted molar refractivity (Wildman–Crippen MR) is 65.4 cm³/mol. The van der Waals surface area contributed by atoms with Gasteiger partial charge in [0.05, 0.1) is 13.2 Å². The fourth-order valence-electron chi connectivity index (χ4n) is 1.92. The van der Waals surface area contributed by atoms with Crippen molar-refractivity contribution in [1.29, 1.82) is 0 Å². The van der Waals surface area contributed by atoms with Crippen LogP contribution in [0.1, 0.15) is 12.0 Å². The van der Waals surface area contributed by atoms with Crippen LogP contribution in [0.15, 0.2) is 18.2 Å². The van der Waals surface area contributed by atoms with Crippen molar-refractivity contribution in [1.82, 2.24) is 10.6 Å². The first-order valence-corrected chi connectivity index (χ1v) is 6.17. The van der Waals surface area contributed by atoms with E-state index >= 15 is 0 Å². The highest BCUT2D eigenvalue weighted by Crippen LogP contribution is 2.09. The molecule has 1 aromatic carbocycles. The van der Waals surface area contributed by atoms with Crippen molar-refractivity contribution >= 4 is 5.91 Å². The van der Waals surface area contributed by atoms with Gasteiger partial charge in [-0.25, -0.2) is 8.78 Å².